The highest BCUT2D eigenvalue weighted by molar-refractivity contribution is 8.02. The standard InChI is InChI=1S/C15H16N6O2S2/c1-2-10(24-15-19-18-14(16)25-15)13(23)17-11-8-12(22)21(20-11)9-6-4-3-5-7-9/h3-8,10,20H,2H2,1H3,(H2,16,18)(H,17,23). The highest BCUT2D eigenvalue weighted by atomic mass is 32.2. The lowest BCUT2D eigenvalue weighted by molar-refractivity contribution is -0.115. The van der Waals surface area contributed by atoms with Crippen molar-refractivity contribution < 1.29 is 4.79 Å². The topological polar surface area (TPSA) is 119 Å². The average Bonchev–Trinajstić information content (AvgIpc) is 3.18. The Balaban J connectivity index is 1.73. The molecule has 0 saturated heterocycles. The third kappa shape index (κ3) is 4.09. The van der Waals surface area contributed by atoms with Crippen molar-refractivity contribution in [1.29, 1.82) is 0 Å². The molecule has 1 atom stereocenters. The van der Waals surface area contributed by atoms with Gasteiger partial charge >= 0.3 is 0 Å². The van der Waals surface area contributed by atoms with Crippen LogP contribution in [0.25, 0.3) is 5.69 Å². The second-order valence-electron chi connectivity index (χ2n) is 5.09. The molecule has 10 heteroatoms. The number of para-hydroxylation sites is 1. The third-order valence-corrected chi connectivity index (χ3v) is 5.52. The fourth-order valence-corrected chi connectivity index (χ4v) is 3.96. The first-order valence-electron chi connectivity index (χ1n) is 7.51. The maximum Gasteiger partial charge on any atom is 0.273 e. The van der Waals surface area contributed by atoms with E-state index in [9.17, 15) is 9.59 Å². The number of thioether (sulfide) groups is 1. The number of carbonyl (C=O) groups is 1. The van der Waals surface area contributed by atoms with Crippen LogP contribution in [-0.2, 0) is 4.79 Å². The largest absolute Gasteiger partial charge is 0.374 e. The molecule has 0 fully saturated rings. The van der Waals surface area contributed by atoms with E-state index < -0.39 is 0 Å². The lowest BCUT2D eigenvalue weighted by atomic mass is 10.3. The van der Waals surface area contributed by atoms with Crippen molar-refractivity contribution in [2.75, 3.05) is 11.1 Å². The molecule has 0 spiro atoms. The number of nitrogens with two attached hydrogens (primary N) is 1. The summed E-state index contributed by atoms with van der Waals surface area (Å²) in [6, 6.07) is 10.5. The van der Waals surface area contributed by atoms with E-state index >= 15 is 0 Å². The van der Waals surface area contributed by atoms with Gasteiger partial charge in [0.15, 0.2) is 4.34 Å². The number of benzene rings is 1. The SMILES string of the molecule is CCC(Sc1nnc(N)s1)C(=O)Nc1cc(=O)n(-c2ccccc2)[nH]1. The molecule has 0 aliphatic heterocycles. The molecule has 2 aromatic heterocycles. The molecule has 0 aliphatic rings. The van der Waals surface area contributed by atoms with E-state index in [0.29, 0.717) is 27.4 Å². The number of rotatable bonds is 6. The summed E-state index contributed by atoms with van der Waals surface area (Å²) in [6.45, 7) is 1.90. The Morgan fingerprint density at radius 2 is 2.16 bits per heavy atom. The minimum atomic E-state index is -0.365. The van der Waals surface area contributed by atoms with Crippen molar-refractivity contribution in [2.45, 2.75) is 22.9 Å². The van der Waals surface area contributed by atoms with Gasteiger partial charge in [0.05, 0.1) is 10.9 Å². The summed E-state index contributed by atoms with van der Waals surface area (Å²) in [4.78, 5) is 24.6. The molecular weight excluding hydrogens is 360 g/mol. The van der Waals surface area contributed by atoms with E-state index in [1.807, 2.05) is 25.1 Å². The van der Waals surface area contributed by atoms with Gasteiger partial charge in [-0.2, -0.15) is 0 Å². The Labute approximate surface area is 151 Å². The van der Waals surface area contributed by atoms with E-state index in [0.717, 1.165) is 0 Å². The van der Waals surface area contributed by atoms with Crippen molar-refractivity contribution in [2.24, 2.45) is 0 Å². The van der Waals surface area contributed by atoms with Crippen molar-refractivity contribution in [1.82, 2.24) is 20.0 Å². The predicted molar refractivity (Wildman–Crippen MR) is 99.3 cm³/mol. The van der Waals surface area contributed by atoms with Crippen molar-refractivity contribution in [3.8, 4) is 5.69 Å². The van der Waals surface area contributed by atoms with E-state index in [2.05, 4.69) is 20.6 Å². The molecule has 2 heterocycles. The maximum absolute atomic E-state index is 12.5. The quantitative estimate of drug-likeness (QED) is 0.567. The van der Waals surface area contributed by atoms with Crippen LogP contribution in [0, 0.1) is 0 Å². The van der Waals surface area contributed by atoms with Crippen LogP contribution in [0.4, 0.5) is 10.9 Å². The second-order valence-corrected chi connectivity index (χ2v) is 7.55. The van der Waals surface area contributed by atoms with Crippen LogP contribution in [0.2, 0.25) is 0 Å². The molecule has 0 saturated carbocycles. The number of nitrogen functional groups attached to an aromatic ring is 1. The number of carbonyl (C=O) groups excluding carboxylic acids is 1. The molecule has 0 radical (unpaired) electrons. The Morgan fingerprint density at radius 1 is 1.40 bits per heavy atom. The number of aromatic amines is 1. The van der Waals surface area contributed by atoms with Gasteiger partial charge in [-0.15, -0.1) is 10.2 Å². The van der Waals surface area contributed by atoms with Gasteiger partial charge in [-0.25, -0.2) is 4.68 Å². The summed E-state index contributed by atoms with van der Waals surface area (Å²) < 4.78 is 2.00. The van der Waals surface area contributed by atoms with Gasteiger partial charge in [0.1, 0.15) is 5.82 Å². The monoisotopic (exact) mass is 376 g/mol. The lowest BCUT2D eigenvalue weighted by Gasteiger charge is -2.11. The second kappa shape index (κ2) is 7.53. The minimum absolute atomic E-state index is 0.220. The zero-order valence-electron chi connectivity index (χ0n) is 13.3. The van der Waals surface area contributed by atoms with E-state index in [4.69, 9.17) is 5.73 Å². The molecule has 4 N–H and O–H groups in total. The molecule has 3 rings (SSSR count). The number of nitrogens with one attached hydrogen (secondary N) is 2. The van der Waals surface area contributed by atoms with Crippen LogP contribution >= 0.6 is 23.1 Å². The van der Waals surface area contributed by atoms with Crippen molar-refractivity contribution >= 4 is 40.0 Å². The van der Waals surface area contributed by atoms with Gasteiger partial charge in [0, 0.05) is 6.07 Å². The predicted octanol–water partition coefficient (Wildman–Crippen LogP) is 2.11. The number of hydrogen-bond acceptors (Lipinski definition) is 7. The number of hydrogen-bond donors (Lipinski definition) is 3. The summed E-state index contributed by atoms with van der Waals surface area (Å²) in [5.74, 6) is 0.123. The summed E-state index contributed by atoms with van der Waals surface area (Å²) in [5.41, 5.74) is 6.00. The van der Waals surface area contributed by atoms with E-state index in [1.54, 1.807) is 12.1 Å². The van der Waals surface area contributed by atoms with Crippen LogP contribution in [0.3, 0.4) is 0 Å². The summed E-state index contributed by atoms with van der Waals surface area (Å²) >= 11 is 2.53. The first-order valence-corrected chi connectivity index (χ1v) is 9.20. The first kappa shape index (κ1) is 17.2. The summed E-state index contributed by atoms with van der Waals surface area (Å²) in [6.07, 6.45) is 0.597. The van der Waals surface area contributed by atoms with E-state index in [-0.39, 0.29) is 16.7 Å². The third-order valence-electron chi connectivity index (χ3n) is 3.32. The molecule has 25 heavy (non-hydrogen) atoms. The van der Waals surface area contributed by atoms with Gasteiger partial charge in [0.2, 0.25) is 11.0 Å². The fourth-order valence-electron chi connectivity index (χ4n) is 2.15. The number of aromatic nitrogens is 4. The molecule has 1 unspecified atom stereocenters. The number of anilines is 2. The van der Waals surface area contributed by atoms with Gasteiger partial charge < -0.3 is 11.1 Å². The van der Waals surface area contributed by atoms with Gasteiger partial charge in [0.25, 0.3) is 5.56 Å². The van der Waals surface area contributed by atoms with E-state index in [1.165, 1.54) is 33.8 Å². The normalized spacial score (nSPS) is 12.0. The highest BCUT2D eigenvalue weighted by Gasteiger charge is 2.21. The lowest BCUT2D eigenvalue weighted by Crippen LogP contribution is -2.24. The average molecular weight is 376 g/mol. The van der Waals surface area contributed by atoms with Crippen LogP contribution in [0.5, 0.6) is 0 Å². The Kier molecular flexibility index (Phi) is 5.19. The fraction of sp³-hybridized carbons (Fsp3) is 0.200. The zero-order valence-corrected chi connectivity index (χ0v) is 14.9. The number of H-pyrrole nitrogens is 1. The molecule has 3 aromatic rings. The maximum atomic E-state index is 12.5. The Bertz CT molecular complexity index is 918. The van der Waals surface area contributed by atoms with Crippen LogP contribution in [-0.4, -0.2) is 31.1 Å². The first-order chi connectivity index (χ1) is 12.1. The molecule has 1 aromatic carbocycles. The number of amides is 1. The summed E-state index contributed by atoms with van der Waals surface area (Å²) in [7, 11) is 0. The van der Waals surface area contributed by atoms with Gasteiger partial charge in [-0.05, 0) is 18.6 Å². The zero-order chi connectivity index (χ0) is 17.8. The number of nitrogens with zero attached hydrogens (tertiary/aromatic N) is 3. The molecular formula is C15H16N6O2S2. The van der Waals surface area contributed by atoms with Crippen LogP contribution in [0.1, 0.15) is 13.3 Å². The van der Waals surface area contributed by atoms with Gasteiger partial charge in [-0.3, -0.25) is 14.7 Å². The van der Waals surface area contributed by atoms with Crippen molar-refractivity contribution in [3.63, 3.8) is 0 Å². The molecule has 0 aliphatic carbocycles. The Hall–Kier alpha value is -2.59. The molecule has 1 amide bonds. The Morgan fingerprint density at radius 3 is 2.80 bits per heavy atom. The van der Waals surface area contributed by atoms with Crippen LogP contribution in [0.15, 0.2) is 45.5 Å². The molecule has 0 bridgehead atoms. The molecule has 8 nitrogen and oxygen atoms in total. The minimum Gasteiger partial charge on any atom is -0.374 e. The molecule has 130 valence electrons. The smallest absolute Gasteiger partial charge is 0.273 e. The van der Waals surface area contributed by atoms with Crippen LogP contribution < -0.4 is 16.6 Å². The summed E-state index contributed by atoms with van der Waals surface area (Å²) in [5, 5.41) is 13.3. The van der Waals surface area contributed by atoms with Crippen molar-refractivity contribution in [3.05, 3.63) is 46.8 Å². The highest BCUT2D eigenvalue weighted by Crippen LogP contribution is 2.29. The van der Waals surface area contributed by atoms with Gasteiger partial charge in [-0.1, -0.05) is 48.2 Å².